The van der Waals surface area contributed by atoms with Crippen molar-refractivity contribution in [1.29, 1.82) is 0 Å². The quantitative estimate of drug-likeness (QED) is 0.135. The van der Waals surface area contributed by atoms with Gasteiger partial charge in [-0.05, 0) is 25.8 Å². The Kier molecular flexibility index (Phi) is 9.67. The number of esters is 1. The van der Waals surface area contributed by atoms with Crippen LogP contribution >= 0.6 is 18.1 Å². The summed E-state index contributed by atoms with van der Waals surface area (Å²) in [4.78, 5) is 25.1. The number of carbonyl (C=O) groups excluding carboxylic acids is 1. The number of imidazole rings is 1. The molecule has 0 spiro atoms. The Morgan fingerprint density at radius 2 is 2.08 bits per heavy atom. The number of nitrogens with two attached hydrogens (primary N) is 1. The van der Waals surface area contributed by atoms with Crippen LogP contribution in [0.25, 0.3) is 11.2 Å². The maximum atomic E-state index is 13.3. The molecule has 0 saturated carbocycles. The zero-order valence-electron chi connectivity index (χ0n) is 22.3. The highest BCUT2D eigenvalue weighted by Gasteiger charge is 2.38. The number of hydrogen-bond donors (Lipinski definition) is 4. The van der Waals surface area contributed by atoms with Crippen LogP contribution in [0.5, 0.6) is 5.88 Å². The Morgan fingerprint density at radius 1 is 1.32 bits per heavy atom. The second-order valence-corrected chi connectivity index (χ2v) is 13.7. The Balaban J connectivity index is 1.38. The fourth-order valence-electron chi connectivity index (χ4n) is 4.05. The summed E-state index contributed by atoms with van der Waals surface area (Å²) in [5.74, 6) is -0.0334. The third-order valence-corrected chi connectivity index (χ3v) is 10.3. The number of benzene rings is 1. The van der Waals surface area contributed by atoms with Gasteiger partial charge in [-0.3, -0.25) is 13.9 Å². The molecule has 3 aromatic rings. The van der Waals surface area contributed by atoms with Gasteiger partial charge in [0, 0.05) is 5.75 Å². The molecule has 14 nitrogen and oxygen atoms in total. The number of rotatable bonds is 12. The average Bonchev–Trinajstić information content (AvgIpc) is 3.35. The first-order valence-corrected chi connectivity index (χ1v) is 15.7. The highest BCUT2D eigenvalue weighted by molar-refractivity contribution is 8.56. The van der Waals surface area contributed by atoms with Gasteiger partial charge in [0.05, 0.1) is 33.3 Å². The number of nitrogen functional groups attached to an aromatic ring is 1. The van der Waals surface area contributed by atoms with Crippen molar-refractivity contribution in [2.75, 3.05) is 38.4 Å². The zero-order chi connectivity index (χ0) is 28.9. The lowest BCUT2D eigenvalue weighted by Gasteiger charge is -2.32. The van der Waals surface area contributed by atoms with Gasteiger partial charge in [0.15, 0.2) is 17.4 Å². The van der Waals surface area contributed by atoms with E-state index in [1.165, 1.54) is 24.9 Å². The topological polar surface area (TPSA) is 193 Å². The Hall–Kier alpha value is -2.78. The van der Waals surface area contributed by atoms with Crippen LogP contribution in [-0.4, -0.2) is 80.0 Å². The molecule has 218 valence electrons. The molecule has 5 atom stereocenters. The van der Waals surface area contributed by atoms with E-state index in [-0.39, 0.29) is 36.2 Å². The van der Waals surface area contributed by atoms with E-state index in [1.54, 1.807) is 6.92 Å². The van der Waals surface area contributed by atoms with Crippen molar-refractivity contribution in [3.8, 4) is 5.88 Å². The molecule has 2 aromatic heterocycles. The van der Waals surface area contributed by atoms with Crippen molar-refractivity contribution in [2.24, 2.45) is 0 Å². The van der Waals surface area contributed by atoms with E-state index in [0.29, 0.717) is 12.2 Å². The number of nitrogens with zero attached hydrogens (tertiary/aromatic N) is 4. The minimum Gasteiger partial charge on any atom is -0.479 e. The van der Waals surface area contributed by atoms with Crippen LogP contribution in [0.2, 0.25) is 0 Å². The number of nitrogens with one attached hydrogen (secondary N) is 1. The van der Waals surface area contributed by atoms with Gasteiger partial charge >= 0.3 is 12.7 Å². The first-order chi connectivity index (χ1) is 19.1. The second-order valence-electron chi connectivity index (χ2n) is 9.28. The molecule has 3 heterocycles. The second kappa shape index (κ2) is 12.8. The number of hydrogen-bond acceptors (Lipinski definition) is 13. The number of carbonyl (C=O) groups is 1. The molecule has 5 N–H and O–H groups in total. The highest BCUT2D eigenvalue weighted by Crippen LogP contribution is 2.59. The minimum atomic E-state index is -3.46. The molecule has 1 saturated heterocycles. The summed E-state index contributed by atoms with van der Waals surface area (Å²) in [5, 5.41) is 23.5. The summed E-state index contributed by atoms with van der Waals surface area (Å²) in [6.45, 7) is -1.25. The van der Waals surface area contributed by atoms with Crippen LogP contribution in [0.1, 0.15) is 38.2 Å². The molecule has 0 aliphatic carbocycles. The molecule has 1 aliphatic rings. The lowest BCUT2D eigenvalue weighted by molar-refractivity contribution is -0.158. The number of aliphatic hydroxyl groups excluding tert-OH is 1. The van der Waals surface area contributed by atoms with E-state index in [2.05, 4.69) is 20.0 Å². The number of anilines is 1. The Morgan fingerprint density at radius 3 is 2.77 bits per heavy atom. The summed E-state index contributed by atoms with van der Waals surface area (Å²) in [5.41, 5.74) is 5.36. The fourth-order valence-corrected chi connectivity index (χ4v) is 7.88. The maximum Gasteiger partial charge on any atom is 0.327 e. The molecule has 1 aliphatic heterocycles. The highest BCUT2D eigenvalue weighted by atomic mass is 32.7. The SMILES string of the molecule is COc1nc(N)nc2c1ncn2[C@H](OCCOP1(=O)NC(C(=O)O[C@H](C)c2ccccc2)CCS1)[C@](C)(O)CO. The van der Waals surface area contributed by atoms with E-state index in [1.807, 2.05) is 30.3 Å². The van der Waals surface area contributed by atoms with Gasteiger partial charge < -0.3 is 34.7 Å². The molecule has 4 rings (SSSR count). The van der Waals surface area contributed by atoms with Crippen LogP contribution in [-0.2, 0) is 23.4 Å². The number of methoxy groups -OCH3 is 1. The van der Waals surface area contributed by atoms with Crippen LogP contribution in [0.4, 0.5) is 5.95 Å². The molecular weight excluding hydrogens is 563 g/mol. The third-order valence-electron chi connectivity index (χ3n) is 6.15. The van der Waals surface area contributed by atoms with Crippen LogP contribution in [0, 0.1) is 0 Å². The Bertz CT molecular complexity index is 1360. The van der Waals surface area contributed by atoms with Gasteiger partial charge in [0.2, 0.25) is 11.8 Å². The molecule has 1 fully saturated rings. The maximum absolute atomic E-state index is 13.3. The summed E-state index contributed by atoms with van der Waals surface area (Å²) >= 11 is 1.09. The van der Waals surface area contributed by atoms with Crippen molar-refractivity contribution in [3.63, 3.8) is 0 Å². The van der Waals surface area contributed by atoms with Gasteiger partial charge in [-0.15, -0.1) is 0 Å². The number of fused-ring (bicyclic) bond motifs is 1. The largest absolute Gasteiger partial charge is 0.479 e. The lowest BCUT2D eigenvalue weighted by atomic mass is 10.1. The molecular formula is C24H33N6O8PS. The number of ether oxygens (including phenoxy) is 3. The molecule has 2 unspecified atom stereocenters. The first kappa shape index (κ1) is 30.2. The minimum absolute atomic E-state index is 0.0819. The van der Waals surface area contributed by atoms with Gasteiger partial charge in [0.1, 0.15) is 17.7 Å². The van der Waals surface area contributed by atoms with E-state index in [0.717, 1.165) is 16.9 Å². The number of aliphatic hydroxyl groups is 2. The van der Waals surface area contributed by atoms with Crippen LogP contribution < -0.4 is 15.6 Å². The first-order valence-electron chi connectivity index (χ1n) is 12.5. The summed E-state index contributed by atoms with van der Waals surface area (Å²) in [7, 11) is 1.41. The molecule has 0 amide bonds. The predicted octanol–water partition coefficient (Wildman–Crippen LogP) is 2.20. The normalized spacial score (nSPS) is 22.4. The third kappa shape index (κ3) is 6.92. The lowest BCUT2D eigenvalue weighted by Crippen LogP contribution is -2.42. The van der Waals surface area contributed by atoms with Gasteiger partial charge in [-0.25, -0.2) is 10.1 Å². The van der Waals surface area contributed by atoms with E-state index in [4.69, 9.17) is 24.5 Å². The molecule has 40 heavy (non-hydrogen) atoms. The molecule has 0 bridgehead atoms. The van der Waals surface area contributed by atoms with E-state index >= 15 is 0 Å². The summed E-state index contributed by atoms with van der Waals surface area (Å²) in [6, 6.07) is 8.53. The van der Waals surface area contributed by atoms with Crippen molar-refractivity contribution in [3.05, 3.63) is 42.2 Å². The predicted molar refractivity (Wildman–Crippen MR) is 147 cm³/mol. The average molecular weight is 597 g/mol. The fraction of sp³-hybridized carbons (Fsp3) is 0.500. The van der Waals surface area contributed by atoms with Crippen molar-refractivity contribution in [1.82, 2.24) is 24.6 Å². The van der Waals surface area contributed by atoms with Gasteiger partial charge in [0.25, 0.3) is 0 Å². The summed E-state index contributed by atoms with van der Waals surface area (Å²) in [6.07, 6.45) is 0.137. The molecule has 0 radical (unpaired) electrons. The zero-order valence-corrected chi connectivity index (χ0v) is 24.0. The van der Waals surface area contributed by atoms with Crippen LogP contribution in [0.3, 0.4) is 0 Å². The number of aromatic nitrogens is 4. The van der Waals surface area contributed by atoms with Gasteiger partial charge in [-0.2, -0.15) is 9.97 Å². The summed E-state index contributed by atoms with van der Waals surface area (Å²) < 4.78 is 37.0. The van der Waals surface area contributed by atoms with Crippen molar-refractivity contribution < 1.29 is 38.3 Å². The standard InChI is InChI=1S/C24H33N6O8PS/c1-15(16-7-5-4-6-8-16)38-21(32)17-9-12-40-39(34,29-17)37-11-10-36-22(24(2,33)13-31)30-14-26-18-19(30)27-23(25)28-20(18)35-3/h4-8,14-15,17,22,31,33H,9-13H2,1-3H3,(H,29,34)(H2,25,27,28)/t15-,17?,22-,24-,39?/m1/s1. The van der Waals surface area contributed by atoms with Crippen LogP contribution in [0.15, 0.2) is 36.7 Å². The molecule has 1 aromatic carbocycles. The van der Waals surface area contributed by atoms with E-state index < -0.39 is 43.3 Å². The molecule has 16 heteroatoms. The van der Waals surface area contributed by atoms with Crippen molar-refractivity contribution in [2.45, 2.75) is 44.2 Å². The monoisotopic (exact) mass is 596 g/mol. The Labute approximate surface area is 234 Å². The smallest absolute Gasteiger partial charge is 0.327 e. The van der Waals surface area contributed by atoms with Gasteiger partial charge in [-0.1, -0.05) is 41.7 Å². The van der Waals surface area contributed by atoms with Crippen molar-refractivity contribution >= 4 is 41.2 Å². The van der Waals surface area contributed by atoms with E-state index in [9.17, 15) is 19.6 Å².